The van der Waals surface area contributed by atoms with E-state index in [0.717, 1.165) is 0 Å². The summed E-state index contributed by atoms with van der Waals surface area (Å²) in [4.78, 5) is 11.6. The molecule has 0 aliphatic rings. The van der Waals surface area contributed by atoms with Crippen LogP contribution in [0.15, 0.2) is 24.3 Å². The highest BCUT2D eigenvalue weighted by Gasteiger charge is 2.09. The van der Waals surface area contributed by atoms with Gasteiger partial charge in [-0.15, -0.1) is 0 Å². The van der Waals surface area contributed by atoms with Crippen molar-refractivity contribution in [3.8, 4) is 12.1 Å². The number of nitrogens with zero attached hydrogens (tertiary/aromatic N) is 2. The van der Waals surface area contributed by atoms with E-state index in [0.29, 0.717) is 17.7 Å². The van der Waals surface area contributed by atoms with Gasteiger partial charge in [0.25, 0.3) is 0 Å². The molecular formula is C13H14N4O. The van der Waals surface area contributed by atoms with Gasteiger partial charge in [-0.25, -0.2) is 4.79 Å². The molecule has 0 fully saturated rings. The second kappa shape index (κ2) is 6.93. The Hall–Kier alpha value is -2.53. The van der Waals surface area contributed by atoms with E-state index < -0.39 is 0 Å². The molecule has 1 aromatic carbocycles. The maximum Gasteiger partial charge on any atom is 0.319 e. The molecule has 0 heterocycles. The second-order valence-corrected chi connectivity index (χ2v) is 3.76. The fraction of sp³-hybridized carbons (Fsp3) is 0.308. The smallest absolute Gasteiger partial charge is 0.319 e. The number of nitriles is 2. The number of anilines is 1. The highest BCUT2D eigenvalue weighted by Crippen LogP contribution is 2.09. The van der Waals surface area contributed by atoms with Gasteiger partial charge in [0, 0.05) is 11.7 Å². The third-order valence-electron chi connectivity index (χ3n) is 2.42. The van der Waals surface area contributed by atoms with Crippen LogP contribution in [0.5, 0.6) is 0 Å². The van der Waals surface area contributed by atoms with Crippen molar-refractivity contribution in [1.29, 1.82) is 10.5 Å². The minimum atomic E-state index is -0.368. The first kappa shape index (κ1) is 13.5. The van der Waals surface area contributed by atoms with Crippen LogP contribution in [-0.4, -0.2) is 12.1 Å². The van der Waals surface area contributed by atoms with Crippen LogP contribution >= 0.6 is 0 Å². The molecule has 18 heavy (non-hydrogen) atoms. The van der Waals surface area contributed by atoms with Crippen molar-refractivity contribution < 1.29 is 4.79 Å². The average Bonchev–Trinajstić information content (AvgIpc) is 2.38. The van der Waals surface area contributed by atoms with Crippen LogP contribution in [0, 0.1) is 22.7 Å². The summed E-state index contributed by atoms with van der Waals surface area (Å²) < 4.78 is 0. The molecule has 0 saturated carbocycles. The molecule has 2 amide bonds. The summed E-state index contributed by atoms with van der Waals surface area (Å²) in [6.45, 7) is 1.90. The number of hydrogen-bond donors (Lipinski definition) is 2. The quantitative estimate of drug-likeness (QED) is 0.849. The molecule has 0 spiro atoms. The largest absolute Gasteiger partial charge is 0.334 e. The zero-order chi connectivity index (χ0) is 13.4. The van der Waals surface area contributed by atoms with Crippen LogP contribution in [0.3, 0.4) is 0 Å². The van der Waals surface area contributed by atoms with Crippen molar-refractivity contribution in [3.05, 3.63) is 29.8 Å². The highest BCUT2D eigenvalue weighted by atomic mass is 16.2. The lowest BCUT2D eigenvalue weighted by Gasteiger charge is -2.14. The van der Waals surface area contributed by atoms with Crippen LogP contribution in [0.4, 0.5) is 10.5 Å². The van der Waals surface area contributed by atoms with Crippen LogP contribution in [0.1, 0.15) is 25.3 Å². The molecule has 92 valence electrons. The van der Waals surface area contributed by atoms with Crippen LogP contribution < -0.4 is 10.6 Å². The third-order valence-corrected chi connectivity index (χ3v) is 2.42. The monoisotopic (exact) mass is 242 g/mol. The van der Waals surface area contributed by atoms with E-state index in [4.69, 9.17) is 10.5 Å². The van der Waals surface area contributed by atoms with Gasteiger partial charge in [0.1, 0.15) is 0 Å². The molecule has 0 bridgehead atoms. The molecule has 0 aromatic heterocycles. The van der Waals surface area contributed by atoms with Crippen LogP contribution in [-0.2, 0) is 0 Å². The molecule has 1 unspecified atom stereocenters. The van der Waals surface area contributed by atoms with Crippen molar-refractivity contribution in [2.24, 2.45) is 0 Å². The summed E-state index contributed by atoms with van der Waals surface area (Å²) in [7, 11) is 0. The number of rotatable bonds is 4. The summed E-state index contributed by atoms with van der Waals surface area (Å²) in [5.74, 6) is 0. The Balaban J connectivity index is 2.59. The van der Waals surface area contributed by atoms with E-state index in [2.05, 4.69) is 10.6 Å². The first-order chi connectivity index (χ1) is 8.69. The number of urea groups is 1. The molecule has 1 rings (SSSR count). The van der Waals surface area contributed by atoms with Crippen LogP contribution in [0.2, 0.25) is 0 Å². The lowest BCUT2D eigenvalue weighted by Crippen LogP contribution is -2.37. The Morgan fingerprint density at radius 2 is 2.22 bits per heavy atom. The van der Waals surface area contributed by atoms with Crippen molar-refractivity contribution in [2.45, 2.75) is 25.8 Å². The standard InChI is InChI=1S/C13H14N4O/c1-2-11(6-7-14)16-13(18)17-12-5-3-4-10(8-12)9-15/h3-5,8,11H,2,6H2,1H3,(H2,16,17,18). The highest BCUT2D eigenvalue weighted by molar-refractivity contribution is 5.89. The fourth-order valence-corrected chi connectivity index (χ4v) is 1.43. The lowest BCUT2D eigenvalue weighted by molar-refractivity contribution is 0.248. The van der Waals surface area contributed by atoms with Crippen molar-refractivity contribution in [1.82, 2.24) is 5.32 Å². The molecule has 2 N–H and O–H groups in total. The van der Waals surface area contributed by atoms with Gasteiger partial charge in [0.2, 0.25) is 0 Å². The van der Waals surface area contributed by atoms with E-state index in [1.54, 1.807) is 24.3 Å². The molecule has 0 radical (unpaired) electrons. The lowest BCUT2D eigenvalue weighted by atomic mass is 10.2. The summed E-state index contributed by atoms with van der Waals surface area (Å²) in [6.07, 6.45) is 0.974. The number of benzene rings is 1. The predicted octanol–water partition coefficient (Wildman–Crippen LogP) is 2.37. The van der Waals surface area contributed by atoms with Crippen molar-refractivity contribution >= 4 is 11.7 Å². The molecule has 0 saturated heterocycles. The van der Waals surface area contributed by atoms with Gasteiger partial charge in [-0.3, -0.25) is 0 Å². The molecule has 5 heteroatoms. The molecule has 5 nitrogen and oxygen atoms in total. The number of hydrogen-bond acceptors (Lipinski definition) is 3. The fourth-order valence-electron chi connectivity index (χ4n) is 1.43. The van der Waals surface area contributed by atoms with Gasteiger partial charge in [-0.1, -0.05) is 13.0 Å². The SMILES string of the molecule is CCC(CC#N)NC(=O)Nc1cccc(C#N)c1. The Morgan fingerprint density at radius 3 is 2.83 bits per heavy atom. The Labute approximate surface area is 106 Å². The number of carbonyl (C=O) groups excluding carboxylic acids is 1. The van der Waals surface area contributed by atoms with Gasteiger partial charge in [0.05, 0.1) is 24.1 Å². The molecule has 0 aliphatic carbocycles. The number of amides is 2. The summed E-state index contributed by atoms with van der Waals surface area (Å²) >= 11 is 0. The maximum atomic E-state index is 11.6. The zero-order valence-electron chi connectivity index (χ0n) is 10.1. The Bertz CT molecular complexity index is 498. The van der Waals surface area contributed by atoms with E-state index in [1.807, 2.05) is 19.1 Å². The molecular weight excluding hydrogens is 228 g/mol. The molecule has 0 aliphatic heterocycles. The van der Waals surface area contributed by atoms with Gasteiger partial charge in [0.15, 0.2) is 0 Å². The summed E-state index contributed by atoms with van der Waals surface area (Å²) in [5.41, 5.74) is 1.04. The number of nitrogens with one attached hydrogen (secondary N) is 2. The summed E-state index contributed by atoms with van der Waals surface area (Å²) in [6, 6.07) is 10.1. The summed E-state index contributed by atoms with van der Waals surface area (Å²) in [5, 5.41) is 22.6. The van der Waals surface area contributed by atoms with E-state index in [1.165, 1.54) is 0 Å². The first-order valence-electron chi connectivity index (χ1n) is 5.64. The second-order valence-electron chi connectivity index (χ2n) is 3.76. The number of carbonyl (C=O) groups is 1. The van der Waals surface area contributed by atoms with Crippen LogP contribution in [0.25, 0.3) is 0 Å². The molecule has 1 aromatic rings. The van der Waals surface area contributed by atoms with E-state index in [9.17, 15) is 4.79 Å². The van der Waals surface area contributed by atoms with Gasteiger partial charge in [-0.2, -0.15) is 10.5 Å². The minimum Gasteiger partial charge on any atom is -0.334 e. The first-order valence-corrected chi connectivity index (χ1v) is 5.64. The zero-order valence-corrected chi connectivity index (χ0v) is 10.1. The van der Waals surface area contributed by atoms with Gasteiger partial charge < -0.3 is 10.6 Å². The van der Waals surface area contributed by atoms with Crippen molar-refractivity contribution in [2.75, 3.05) is 5.32 Å². The van der Waals surface area contributed by atoms with Gasteiger partial charge >= 0.3 is 6.03 Å². The minimum absolute atomic E-state index is 0.158. The Kier molecular flexibility index (Phi) is 5.21. The van der Waals surface area contributed by atoms with Gasteiger partial charge in [-0.05, 0) is 24.6 Å². The van der Waals surface area contributed by atoms with Crippen molar-refractivity contribution in [3.63, 3.8) is 0 Å². The predicted molar refractivity (Wildman–Crippen MR) is 67.6 cm³/mol. The average molecular weight is 242 g/mol. The van der Waals surface area contributed by atoms with E-state index >= 15 is 0 Å². The molecule has 1 atom stereocenters. The Morgan fingerprint density at radius 1 is 1.44 bits per heavy atom. The van der Waals surface area contributed by atoms with E-state index in [-0.39, 0.29) is 18.5 Å². The maximum absolute atomic E-state index is 11.6. The normalized spacial score (nSPS) is 10.8. The third kappa shape index (κ3) is 4.15. The topological polar surface area (TPSA) is 88.7 Å².